The summed E-state index contributed by atoms with van der Waals surface area (Å²) in [6.45, 7) is 10.3. The Balaban J connectivity index is 1.85. The van der Waals surface area contributed by atoms with Crippen LogP contribution in [-0.4, -0.2) is 45.4 Å². The Bertz CT molecular complexity index is 863. The molecule has 0 spiro atoms. The lowest BCUT2D eigenvalue weighted by atomic mass is 10.1. The molecule has 0 radical (unpaired) electrons. The molecule has 8 heteroatoms. The van der Waals surface area contributed by atoms with Crippen LogP contribution in [0, 0.1) is 0 Å². The van der Waals surface area contributed by atoms with Crippen molar-refractivity contribution in [2.24, 2.45) is 5.73 Å². The predicted octanol–water partition coefficient (Wildman–Crippen LogP) is 2.84. The Morgan fingerprint density at radius 3 is 3.00 bits per heavy atom. The molecule has 0 unspecified atom stereocenters. The number of nitrogens with zero attached hydrogens (tertiary/aromatic N) is 4. The first kappa shape index (κ1) is 19.9. The van der Waals surface area contributed by atoms with Crippen LogP contribution in [-0.2, 0) is 4.74 Å². The lowest BCUT2D eigenvalue weighted by molar-refractivity contribution is 0.0874. The molecule has 1 atom stereocenters. The number of anilines is 2. The summed E-state index contributed by atoms with van der Waals surface area (Å²) in [5, 5.41) is 11.2. The monoisotopic (exact) mass is 383 g/mol. The molecule has 1 saturated heterocycles. The van der Waals surface area contributed by atoms with Gasteiger partial charge >= 0.3 is 0 Å². The summed E-state index contributed by atoms with van der Waals surface area (Å²) in [6, 6.07) is 0.218. The first-order valence-corrected chi connectivity index (χ1v) is 9.65. The van der Waals surface area contributed by atoms with E-state index in [2.05, 4.69) is 41.1 Å². The summed E-state index contributed by atoms with van der Waals surface area (Å²) >= 11 is 0. The van der Waals surface area contributed by atoms with Crippen molar-refractivity contribution in [3.63, 3.8) is 0 Å². The van der Waals surface area contributed by atoms with E-state index in [0.717, 1.165) is 36.2 Å². The highest BCUT2D eigenvalue weighted by Gasteiger charge is 2.18. The molecule has 0 saturated carbocycles. The summed E-state index contributed by atoms with van der Waals surface area (Å²) in [4.78, 5) is 9.37. The van der Waals surface area contributed by atoms with Crippen molar-refractivity contribution < 1.29 is 4.74 Å². The minimum atomic E-state index is 0.218. The Morgan fingerprint density at radius 2 is 2.29 bits per heavy atom. The average Bonchev–Trinajstić information content (AvgIpc) is 3.11. The molecule has 4 N–H and O–H groups in total. The minimum Gasteiger partial charge on any atom is -0.405 e. The van der Waals surface area contributed by atoms with Gasteiger partial charge in [-0.3, -0.25) is 0 Å². The van der Waals surface area contributed by atoms with E-state index in [4.69, 9.17) is 15.5 Å². The van der Waals surface area contributed by atoms with Gasteiger partial charge in [-0.05, 0) is 36.6 Å². The van der Waals surface area contributed by atoms with Crippen LogP contribution < -0.4 is 16.4 Å². The summed E-state index contributed by atoms with van der Waals surface area (Å²) in [6.07, 6.45) is 10.9. The first-order valence-electron chi connectivity index (χ1n) is 9.65. The fraction of sp³-hybridized carbons (Fsp3) is 0.450. The standard InChI is InChI=1S/C20H29N7O/c1-14(2)17-12-23-27-18(17)25-19(24-16-8-6-10-28-13-16)26-20(27)22-11-15(3)7-4-5-9-21/h4-5,7,9,12,14,16H,3,6,8,10-11,13,21H2,1-2H3,(H2,22,24,25,26)/b7-4-,9-5+/t16-/m0/s1. The van der Waals surface area contributed by atoms with Crippen molar-refractivity contribution in [1.82, 2.24) is 19.6 Å². The maximum Gasteiger partial charge on any atom is 0.229 e. The normalized spacial score (nSPS) is 17.8. The van der Waals surface area contributed by atoms with E-state index in [-0.39, 0.29) is 6.04 Å². The van der Waals surface area contributed by atoms with Crippen LogP contribution >= 0.6 is 0 Å². The van der Waals surface area contributed by atoms with Gasteiger partial charge in [0.05, 0.1) is 18.8 Å². The summed E-state index contributed by atoms with van der Waals surface area (Å²) < 4.78 is 7.30. The summed E-state index contributed by atoms with van der Waals surface area (Å²) in [5.41, 5.74) is 8.13. The second kappa shape index (κ2) is 9.36. The fourth-order valence-corrected chi connectivity index (χ4v) is 3.03. The van der Waals surface area contributed by atoms with Gasteiger partial charge in [-0.25, -0.2) is 0 Å². The average molecular weight is 384 g/mol. The first-order chi connectivity index (χ1) is 13.6. The van der Waals surface area contributed by atoms with E-state index in [1.165, 1.54) is 6.20 Å². The molecular weight excluding hydrogens is 354 g/mol. The highest BCUT2D eigenvalue weighted by Crippen LogP contribution is 2.23. The Morgan fingerprint density at radius 1 is 1.43 bits per heavy atom. The van der Waals surface area contributed by atoms with Crippen molar-refractivity contribution in [1.29, 1.82) is 0 Å². The van der Waals surface area contributed by atoms with E-state index >= 15 is 0 Å². The van der Waals surface area contributed by atoms with Gasteiger partial charge in [-0.2, -0.15) is 19.6 Å². The summed E-state index contributed by atoms with van der Waals surface area (Å²) in [7, 11) is 0. The molecule has 1 aliphatic rings. The number of nitrogens with two attached hydrogens (primary N) is 1. The van der Waals surface area contributed by atoms with Crippen molar-refractivity contribution in [2.45, 2.75) is 38.6 Å². The highest BCUT2D eigenvalue weighted by atomic mass is 16.5. The molecule has 2 aromatic rings. The molecule has 0 amide bonds. The van der Waals surface area contributed by atoms with Crippen LogP contribution in [0.2, 0.25) is 0 Å². The molecule has 0 aliphatic carbocycles. The van der Waals surface area contributed by atoms with Crippen LogP contribution in [0.3, 0.4) is 0 Å². The Kier molecular flexibility index (Phi) is 6.65. The van der Waals surface area contributed by atoms with Gasteiger partial charge in [-0.1, -0.05) is 32.6 Å². The van der Waals surface area contributed by atoms with Crippen LogP contribution in [0.1, 0.15) is 38.2 Å². The molecule has 28 heavy (non-hydrogen) atoms. The molecule has 0 aromatic carbocycles. The molecule has 1 aliphatic heterocycles. The number of hydrogen-bond donors (Lipinski definition) is 3. The van der Waals surface area contributed by atoms with Crippen LogP contribution in [0.15, 0.2) is 42.8 Å². The number of fused-ring (bicyclic) bond motifs is 1. The Labute approximate surface area is 165 Å². The number of allylic oxidation sites excluding steroid dienone is 2. The quantitative estimate of drug-likeness (QED) is 0.602. The molecule has 3 heterocycles. The van der Waals surface area contributed by atoms with Gasteiger partial charge in [0.1, 0.15) is 0 Å². The topological polar surface area (TPSA) is 102 Å². The fourth-order valence-electron chi connectivity index (χ4n) is 3.03. The second-order valence-electron chi connectivity index (χ2n) is 7.18. The molecule has 150 valence electrons. The molecule has 8 nitrogen and oxygen atoms in total. The second-order valence-corrected chi connectivity index (χ2v) is 7.18. The zero-order valence-electron chi connectivity index (χ0n) is 16.6. The van der Waals surface area contributed by atoms with E-state index in [9.17, 15) is 0 Å². The minimum absolute atomic E-state index is 0.218. The van der Waals surface area contributed by atoms with Crippen molar-refractivity contribution in [3.8, 4) is 0 Å². The third kappa shape index (κ3) is 4.89. The molecule has 3 rings (SSSR count). The molecule has 1 fully saturated rings. The number of nitrogens with one attached hydrogen (secondary N) is 2. The summed E-state index contributed by atoms with van der Waals surface area (Å²) in [5.74, 6) is 1.52. The van der Waals surface area contributed by atoms with Crippen LogP contribution in [0.5, 0.6) is 0 Å². The Hall–Kier alpha value is -2.87. The largest absolute Gasteiger partial charge is 0.405 e. The third-order valence-corrected chi connectivity index (χ3v) is 4.54. The van der Waals surface area contributed by atoms with Gasteiger partial charge < -0.3 is 21.1 Å². The van der Waals surface area contributed by atoms with Gasteiger partial charge in [-0.15, -0.1) is 0 Å². The van der Waals surface area contributed by atoms with Crippen LogP contribution in [0.4, 0.5) is 11.9 Å². The third-order valence-electron chi connectivity index (χ3n) is 4.54. The predicted molar refractivity (Wildman–Crippen MR) is 112 cm³/mol. The number of rotatable bonds is 8. The smallest absolute Gasteiger partial charge is 0.229 e. The van der Waals surface area contributed by atoms with Crippen molar-refractivity contribution in [2.75, 3.05) is 30.4 Å². The lowest BCUT2D eigenvalue weighted by Crippen LogP contribution is -2.31. The molecular formula is C20H29N7O. The van der Waals surface area contributed by atoms with E-state index < -0.39 is 0 Å². The van der Waals surface area contributed by atoms with Crippen LogP contribution in [0.25, 0.3) is 5.65 Å². The van der Waals surface area contributed by atoms with Crippen molar-refractivity contribution in [3.05, 3.63) is 48.3 Å². The van der Waals surface area contributed by atoms with Gasteiger partial charge in [0.15, 0.2) is 5.65 Å². The lowest BCUT2D eigenvalue weighted by Gasteiger charge is -2.23. The zero-order chi connectivity index (χ0) is 19.9. The van der Waals surface area contributed by atoms with E-state index in [1.54, 1.807) is 10.6 Å². The molecule has 2 aromatic heterocycles. The van der Waals surface area contributed by atoms with Crippen molar-refractivity contribution >= 4 is 17.5 Å². The maximum atomic E-state index is 5.56. The maximum absolute atomic E-state index is 5.56. The van der Waals surface area contributed by atoms with E-state index in [1.807, 2.05) is 18.3 Å². The number of aromatic nitrogens is 4. The van der Waals surface area contributed by atoms with Gasteiger partial charge in [0.2, 0.25) is 11.9 Å². The van der Waals surface area contributed by atoms with Gasteiger partial charge in [0, 0.05) is 18.7 Å². The van der Waals surface area contributed by atoms with Gasteiger partial charge in [0.25, 0.3) is 0 Å². The number of ether oxygens (including phenoxy) is 1. The van der Waals surface area contributed by atoms with E-state index in [0.29, 0.717) is 31.0 Å². The highest BCUT2D eigenvalue weighted by molar-refractivity contribution is 5.56. The SMILES string of the molecule is C=C(/C=C\C=C\N)CNc1nc(N[C@H]2CCCOC2)nc2c(C(C)C)cnn12. The zero-order valence-corrected chi connectivity index (χ0v) is 16.6. The number of hydrogen-bond acceptors (Lipinski definition) is 7. The molecule has 0 bridgehead atoms.